The van der Waals surface area contributed by atoms with Crippen molar-refractivity contribution in [2.75, 3.05) is 46.6 Å². The van der Waals surface area contributed by atoms with E-state index in [1.807, 2.05) is 19.9 Å². The van der Waals surface area contributed by atoms with E-state index in [1.165, 1.54) is 6.92 Å². The topological polar surface area (TPSA) is 209 Å². The maximum absolute atomic E-state index is 12.6. The van der Waals surface area contributed by atoms with Gasteiger partial charge in [-0.05, 0) is 69.2 Å². The number of esters is 1. The standard InChI is InChI=1S/C32H52N6O9/c1-23(2)20-28(34-4)31(42)38-27(29(33)40)12-5-6-13-35-30(41)26-11-9-10-25(21-26)22-47-37-14-7-8-16-44-17-15-36-32(43)46-19-18-45-24(3)39/h9-11,14,21,23,27-28,34H,5-8,12-13,15-20,22H2,1-4H3,(H2,33,40)(H,35,41)(H,36,43)(H,38,42)/b37-14-/t27-,28-/m0/s1. The fourth-order valence-electron chi connectivity index (χ4n) is 4.16. The molecular weight excluding hydrogens is 612 g/mol. The van der Waals surface area contributed by atoms with Crippen LogP contribution in [0.15, 0.2) is 29.4 Å². The quantitative estimate of drug-likeness (QED) is 0.0443. The summed E-state index contributed by atoms with van der Waals surface area (Å²) in [4.78, 5) is 64.4. The lowest BCUT2D eigenvalue weighted by Crippen LogP contribution is -2.51. The number of likely N-dealkylation sites (N-methyl/N-ethyl adjacent to an activating group) is 1. The summed E-state index contributed by atoms with van der Waals surface area (Å²) in [6.07, 6.45) is 4.60. The van der Waals surface area contributed by atoms with E-state index in [2.05, 4.69) is 31.2 Å². The van der Waals surface area contributed by atoms with Crippen LogP contribution in [-0.4, -0.2) is 94.6 Å². The summed E-state index contributed by atoms with van der Waals surface area (Å²) in [7, 11) is 1.71. The second kappa shape index (κ2) is 24.9. The number of rotatable bonds is 25. The Labute approximate surface area is 277 Å². The van der Waals surface area contributed by atoms with Crippen molar-refractivity contribution in [3.63, 3.8) is 0 Å². The Hall–Kier alpha value is -4.24. The van der Waals surface area contributed by atoms with Gasteiger partial charge >= 0.3 is 12.1 Å². The molecule has 1 aromatic carbocycles. The minimum Gasteiger partial charge on any atom is -0.462 e. The van der Waals surface area contributed by atoms with Gasteiger partial charge in [0.1, 0.15) is 25.9 Å². The molecule has 0 saturated carbocycles. The van der Waals surface area contributed by atoms with Crippen LogP contribution in [0.1, 0.15) is 75.2 Å². The Morgan fingerprint density at radius 2 is 1.70 bits per heavy atom. The number of carbonyl (C=O) groups excluding carboxylic acids is 5. The molecule has 1 rings (SSSR count). The van der Waals surface area contributed by atoms with Crippen LogP contribution in [0.4, 0.5) is 4.79 Å². The zero-order valence-corrected chi connectivity index (χ0v) is 28.0. The third-order valence-corrected chi connectivity index (χ3v) is 6.57. The highest BCUT2D eigenvalue weighted by Gasteiger charge is 2.23. The van der Waals surface area contributed by atoms with Crippen molar-refractivity contribution < 1.29 is 43.0 Å². The predicted octanol–water partition coefficient (Wildman–Crippen LogP) is 1.78. The van der Waals surface area contributed by atoms with Crippen LogP contribution < -0.4 is 27.0 Å². The first-order chi connectivity index (χ1) is 22.5. The van der Waals surface area contributed by atoms with E-state index in [9.17, 15) is 24.0 Å². The number of ether oxygens (including phenoxy) is 3. The smallest absolute Gasteiger partial charge is 0.407 e. The van der Waals surface area contributed by atoms with Gasteiger partial charge in [-0.3, -0.25) is 19.2 Å². The van der Waals surface area contributed by atoms with Crippen molar-refractivity contribution in [1.29, 1.82) is 0 Å². The van der Waals surface area contributed by atoms with Crippen LogP contribution in [0.2, 0.25) is 0 Å². The zero-order chi connectivity index (χ0) is 34.9. The summed E-state index contributed by atoms with van der Waals surface area (Å²) in [6, 6.07) is 5.88. The highest BCUT2D eigenvalue weighted by molar-refractivity contribution is 5.94. The van der Waals surface area contributed by atoms with Crippen molar-refractivity contribution >= 4 is 36.0 Å². The molecule has 0 aliphatic carbocycles. The van der Waals surface area contributed by atoms with Crippen LogP contribution in [0.25, 0.3) is 0 Å². The van der Waals surface area contributed by atoms with Crippen molar-refractivity contribution in [3.8, 4) is 0 Å². The molecule has 0 bridgehead atoms. The molecule has 15 nitrogen and oxygen atoms in total. The molecule has 0 aliphatic rings. The number of unbranched alkanes of at least 4 members (excludes halogenated alkanes) is 2. The molecule has 0 unspecified atom stereocenters. The van der Waals surface area contributed by atoms with Gasteiger partial charge in [0.2, 0.25) is 11.8 Å². The van der Waals surface area contributed by atoms with Crippen LogP contribution in [-0.2, 0) is 40.0 Å². The zero-order valence-electron chi connectivity index (χ0n) is 28.0. The molecule has 2 atom stereocenters. The third kappa shape index (κ3) is 20.5. The average molecular weight is 665 g/mol. The van der Waals surface area contributed by atoms with Crippen molar-refractivity contribution in [2.45, 2.75) is 78.0 Å². The molecule has 6 N–H and O–H groups in total. The van der Waals surface area contributed by atoms with Gasteiger partial charge < -0.3 is 46.0 Å². The van der Waals surface area contributed by atoms with Gasteiger partial charge in [0, 0.05) is 38.4 Å². The summed E-state index contributed by atoms with van der Waals surface area (Å²) >= 11 is 0. The van der Waals surface area contributed by atoms with Crippen LogP contribution in [0, 0.1) is 5.92 Å². The van der Waals surface area contributed by atoms with E-state index in [4.69, 9.17) is 20.0 Å². The maximum atomic E-state index is 12.6. The normalized spacial score (nSPS) is 12.3. The van der Waals surface area contributed by atoms with Crippen molar-refractivity contribution in [1.82, 2.24) is 21.3 Å². The van der Waals surface area contributed by atoms with Crippen molar-refractivity contribution in [3.05, 3.63) is 35.4 Å². The summed E-state index contributed by atoms with van der Waals surface area (Å²) in [6.45, 7) is 7.00. The van der Waals surface area contributed by atoms with E-state index in [-0.39, 0.29) is 38.2 Å². The van der Waals surface area contributed by atoms with Crippen LogP contribution in [0.5, 0.6) is 0 Å². The number of primary amides is 1. The predicted molar refractivity (Wildman–Crippen MR) is 175 cm³/mol. The first-order valence-corrected chi connectivity index (χ1v) is 15.9. The fourth-order valence-corrected chi connectivity index (χ4v) is 4.16. The monoisotopic (exact) mass is 664 g/mol. The summed E-state index contributed by atoms with van der Waals surface area (Å²) in [5.74, 6) is -1.19. The number of hydrogen-bond donors (Lipinski definition) is 5. The summed E-state index contributed by atoms with van der Waals surface area (Å²) < 4.78 is 14.9. The minimum atomic E-state index is -0.770. The highest BCUT2D eigenvalue weighted by Crippen LogP contribution is 2.09. The van der Waals surface area contributed by atoms with Gasteiger partial charge in [-0.15, -0.1) is 0 Å². The number of alkyl carbamates (subject to hydrolysis) is 1. The van der Waals surface area contributed by atoms with E-state index >= 15 is 0 Å². The highest BCUT2D eigenvalue weighted by atomic mass is 16.6. The lowest BCUT2D eigenvalue weighted by atomic mass is 10.0. The second-order valence-electron chi connectivity index (χ2n) is 11.1. The van der Waals surface area contributed by atoms with Crippen LogP contribution in [0.3, 0.4) is 0 Å². The first kappa shape index (κ1) is 40.8. The fraction of sp³-hybridized carbons (Fsp3) is 0.625. The van der Waals surface area contributed by atoms with Gasteiger partial charge in [0.25, 0.3) is 5.91 Å². The van der Waals surface area contributed by atoms with Gasteiger partial charge in [-0.2, -0.15) is 0 Å². The molecule has 0 spiro atoms. The molecule has 0 saturated heterocycles. The Kier molecular flexibility index (Phi) is 21.6. The lowest BCUT2D eigenvalue weighted by Gasteiger charge is -2.21. The molecule has 0 aliphatic heterocycles. The number of hydrogen-bond acceptors (Lipinski definition) is 11. The summed E-state index contributed by atoms with van der Waals surface area (Å²) in [5.41, 5.74) is 6.78. The summed E-state index contributed by atoms with van der Waals surface area (Å²) in [5, 5.41) is 15.0. The number of nitrogens with two attached hydrogens (primary N) is 1. The van der Waals surface area contributed by atoms with Gasteiger partial charge in [-0.25, -0.2) is 4.79 Å². The van der Waals surface area contributed by atoms with Crippen LogP contribution >= 0.6 is 0 Å². The molecule has 1 aromatic rings. The largest absolute Gasteiger partial charge is 0.462 e. The number of nitrogens with one attached hydrogen (secondary N) is 4. The molecule has 0 fully saturated rings. The Morgan fingerprint density at radius 1 is 0.936 bits per heavy atom. The Bertz CT molecular complexity index is 1130. The number of amides is 4. The maximum Gasteiger partial charge on any atom is 0.407 e. The average Bonchev–Trinajstić information content (AvgIpc) is 3.03. The molecule has 0 heterocycles. The first-order valence-electron chi connectivity index (χ1n) is 15.9. The molecular formula is C32H52N6O9. The minimum absolute atomic E-state index is 0.0137. The third-order valence-electron chi connectivity index (χ3n) is 6.57. The van der Waals surface area contributed by atoms with E-state index in [1.54, 1.807) is 31.5 Å². The van der Waals surface area contributed by atoms with Gasteiger partial charge in [0.05, 0.1) is 12.6 Å². The number of benzene rings is 1. The Morgan fingerprint density at radius 3 is 2.40 bits per heavy atom. The van der Waals surface area contributed by atoms with Gasteiger partial charge in [-0.1, -0.05) is 31.1 Å². The molecule has 0 aromatic heterocycles. The molecule has 4 amide bonds. The number of carbonyl (C=O) groups is 5. The second-order valence-corrected chi connectivity index (χ2v) is 11.1. The van der Waals surface area contributed by atoms with E-state index in [0.717, 1.165) is 5.56 Å². The number of oxime groups is 1. The van der Waals surface area contributed by atoms with E-state index < -0.39 is 30.1 Å². The van der Waals surface area contributed by atoms with Crippen molar-refractivity contribution in [2.24, 2.45) is 16.8 Å². The molecule has 15 heteroatoms. The molecule has 264 valence electrons. The number of nitrogens with zero attached hydrogens (tertiary/aromatic N) is 1. The van der Waals surface area contributed by atoms with E-state index in [0.29, 0.717) is 69.8 Å². The molecule has 0 radical (unpaired) electrons. The Balaban J connectivity index is 2.22. The van der Waals surface area contributed by atoms with Gasteiger partial charge in [0.15, 0.2) is 0 Å². The SMILES string of the molecule is CN[C@@H](CC(C)C)C(=O)N[C@@H](CCCCNC(=O)c1cccc(CO/N=C\CCCOCCNC(=O)OCCOC(C)=O)c1)C(N)=O. The lowest BCUT2D eigenvalue weighted by molar-refractivity contribution is -0.142. The molecule has 47 heavy (non-hydrogen) atoms.